The molecule has 1 N–H and O–H groups in total. The van der Waals surface area contributed by atoms with E-state index >= 15 is 0 Å². The molecule has 0 atom stereocenters. The lowest BCUT2D eigenvalue weighted by molar-refractivity contribution is -0.117. The zero-order valence-electron chi connectivity index (χ0n) is 14.6. The van der Waals surface area contributed by atoms with Crippen LogP contribution in [0, 0.1) is 0 Å². The van der Waals surface area contributed by atoms with Crippen LogP contribution in [0.5, 0.6) is 5.75 Å². The highest BCUT2D eigenvalue weighted by atomic mass is 32.2. The fourth-order valence-corrected chi connectivity index (χ4v) is 3.89. The summed E-state index contributed by atoms with van der Waals surface area (Å²) in [4.78, 5) is 13.6. The van der Waals surface area contributed by atoms with Crippen LogP contribution in [0.15, 0.2) is 53.4 Å². The Kier molecular flexibility index (Phi) is 5.46. The number of sulfonamides is 1. The van der Waals surface area contributed by atoms with Gasteiger partial charge >= 0.3 is 0 Å². The Bertz CT molecular complexity index is 879. The molecule has 0 unspecified atom stereocenters. The molecule has 1 saturated heterocycles. The molecule has 0 bridgehead atoms. The van der Waals surface area contributed by atoms with Gasteiger partial charge < -0.3 is 9.64 Å². The van der Waals surface area contributed by atoms with Gasteiger partial charge in [-0.05, 0) is 49.2 Å². The standard InChI is InChI=1S/C19H22N2O4S/c1-2-14-25-18-7-4-3-6-17(18)20-26(23,24)16-11-9-15(10-12-16)21-13-5-8-19(21)22/h3-4,6-7,9-12,20H,2,5,8,13-14H2,1H3. The van der Waals surface area contributed by atoms with Crippen molar-refractivity contribution in [1.82, 2.24) is 0 Å². The van der Waals surface area contributed by atoms with Crippen LogP contribution in [0.2, 0.25) is 0 Å². The molecule has 1 fully saturated rings. The van der Waals surface area contributed by atoms with Crippen molar-refractivity contribution < 1.29 is 17.9 Å². The van der Waals surface area contributed by atoms with Gasteiger partial charge in [-0.25, -0.2) is 8.42 Å². The number of nitrogens with zero attached hydrogens (tertiary/aromatic N) is 1. The summed E-state index contributed by atoms with van der Waals surface area (Å²) >= 11 is 0. The lowest BCUT2D eigenvalue weighted by atomic mass is 10.3. The highest BCUT2D eigenvalue weighted by Gasteiger charge is 2.22. The first-order valence-electron chi connectivity index (χ1n) is 8.66. The summed E-state index contributed by atoms with van der Waals surface area (Å²) in [6.07, 6.45) is 2.20. The first-order valence-corrected chi connectivity index (χ1v) is 10.1. The fraction of sp³-hybridized carbons (Fsp3) is 0.316. The van der Waals surface area contributed by atoms with Crippen LogP contribution in [-0.4, -0.2) is 27.5 Å². The van der Waals surface area contributed by atoms with Gasteiger partial charge in [0, 0.05) is 18.7 Å². The minimum atomic E-state index is -3.75. The number of carbonyl (C=O) groups is 1. The lowest BCUT2D eigenvalue weighted by Gasteiger charge is -2.16. The predicted molar refractivity (Wildman–Crippen MR) is 101 cm³/mol. The van der Waals surface area contributed by atoms with Gasteiger partial charge in [0.15, 0.2) is 0 Å². The quantitative estimate of drug-likeness (QED) is 0.806. The SMILES string of the molecule is CCCOc1ccccc1NS(=O)(=O)c1ccc(N2CCCC2=O)cc1. The molecule has 1 heterocycles. The number of hydrogen-bond donors (Lipinski definition) is 1. The van der Waals surface area contributed by atoms with Crippen molar-refractivity contribution in [3.8, 4) is 5.75 Å². The van der Waals surface area contributed by atoms with E-state index in [9.17, 15) is 13.2 Å². The molecule has 138 valence electrons. The molecule has 2 aromatic carbocycles. The maximum Gasteiger partial charge on any atom is 0.262 e. The van der Waals surface area contributed by atoms with E-state index in [1.807, 2.05) is 6.92 Å². The van der Waals surface area contributed by atoms with E-state index in [0.717, 1.165) is 18.5 Å². The normalized spacial score (nSPS) is 14.5. The Labute approximate surface area is 153 Å². The number of rotatable bonds is 7. The molecule has 0 saturated carbocycles. The van der Waals surface area contributed by atoms with E-state index in [1.165, 1.54) is 12.1 Å². The lowest BCUT2D eigenvalue weighted by Crippen LogP contribution is -2.23. The molecule has 1 aliphatic rings. The van der Waals surface area contributed by atoms with Crippen LogP contribution in [0.3, 0.4) is 0 Å². The van der Waals surface area contributed by atoms with Gasteiger partial charge in [0.25, 0.3) is 10.0 Å². The van der Waals surface area contributed by atoms with Crippen LogP contribution in [0.25, 0.3) is 0 Å². The van der Waals surface area contributed by atoms with Crippen molar-refractivity contribution in [3.05, 3.63) is 48.5 Å². The molecule has 1 aliphatic heterocycles. The molecule has 1 amide bonds. The molecule has 7 heteroatoms. The average molecular weight is 374 g/mol. The van der Waals surface area contributed by atoms with Gasteiger partial charge in [-0.1, -0.05) is 19.1 Å². The first kappa shape index (κ1) is 18.3. The highest BCUT2D eigenvalue weighted by Crippen LogP contribution is 2.28. The second-order valence-electron chi connectivity index (χ2n) is 6.09. The number of carbonyl (C=O) groups excluding carboxylic acids is 1. The van der Waals surface area contributed by atoms with Crippen LogP contribution in [0.1, 0.15) is 26.2 Å². The summed E-state index contributed by atoms with van der Waals surface area (Å²) in [7, 11) is -3.75. The van der Waals surface area contributed by atoms with Crippen LogP contribution in [0.4, 0.5) is 11.4 Å². The van der Waals surface area contributed by atoms with Crippen LogP contribution in [-0.2, 0) is 14.8 Å². The average Bonchev–Trinajstić information content (AvgIpc) is 3.07. The van der Waals surface area contributed by atoms with Gasteiger partial charge in [0.2, 0.25) is 5.91 Å². The summed E-state index contributed by atoms with van der Waals surface area (Å²) in [5.74, 6) is 0.568. The Morgan fingerprint density at radius 2 is 1.85 bits per heavy atom. The summed E-state index contributed by atoms with van der Waals surface area (Å²) in [6.45, 7) is 3.17. The number of amides is 1. The van der Waals surface area contributed by atoms with Gasteiger partial charge in [0.1, 0.15) is 5.75 Å². The zero-order valence-corrected chi connectivity index (χ0v) is 15.5. The molecular weight excluding hydrogens is 352 g/mol. The maximum atomic E-state index is 12.7. The van der Waals surface area contributed by atoms with Gasteiger partial charge in [-0.2, -0.15) is 0 Å². The third-order valence-electron chi connectivity index (χ3n) is 4.13. The van der Waals surface area contributed by atoms with Crippen molar-refractivity contribution in [3.63, 3.8) is 0 Å². The molecule has 0 spiro atoms. The van der Waals surface area contributed by atoms with Crippen molar-refractivity contribution in [2.24, 2.45) is 0 Å². The molecule has 0 radical (unpaired) electrons. The van der Waals surface area contributed by atoms with E-state index in [2.05, 4.69) is 4.72 Å². The van der Waals surface area contributed by atoms with E-state index < -0.39 is 10.0 Å². The van der Waals surface area contributed by atoms with Gasteiger partial charge in [0.05, 0.1) is 17.2 Å². The van der Waals surface area contributed by atoms with Crippen molar-refractivity contribution >= 4 is 27.3 Å². The molecule has 26 heavy (non-hydrogen) atoms. The van der Waals surface area contributed by atoms with E-state index in [-0.39, 0.29) is 10.8 Å². The number of nitrogens with one attached hydrogen (secondary N) is 1. The van der Waals surface area contributed by atoms with Crippen molar-refractivity contribution in [1.29, 1.82) is 0 Å². The Morgan fingerprint density at radius 1 is 1.12 bits per heavy atom. The molecule has 3 rings (SSSR count). The monoisotopic (exact) mass is 374 g/mol. The highest BCUT2D eigenvalue weighted by molar-refractivity contribution is 7.92. The maximum absolute atomic E-state index is 12.7. The number of anilines is 2. The third-order valence-corrected chi connectivity index (χ3v) is 5.51. The van der Waals surface area contributed by atoms with E-state index in [1.54, 1.807) is 41.3 Å². The Hall–Kier alpha value is -2.54. The van der Waals surface area contributed by atoms with Gasteiger partial charge in [-0.3, -0.25) is 9.52 Å². The Morgan fingerprint density at radius 3 is 2.50 bits per heavy atom. The van der Waals surface area contributed by atoms with Crippen LogP contribution >= 0.6 is 0 Å². The minimum absolute atomic E-state index is 0.0701. The molecule has 2 aromatic rings. The molecule has 0 aliphatic carbocycles. The number of para-hydroxylation sites is 2. The number of ether oxygens (including phenoxy) is 1. The van der Waals surface area contributed by atoms with E-state index in [0.29, 0.717) is 31.0 Å². The summed E-state index contributed by atoms with van der Waals surface area (Å²) < 4.78 is 33.5. The summed E-state index contributed by atoms with van der Waals surface area (Å²) in [5.41, 5.74) is 1.12. The van der Waals surface area contributed by atoms with Gasteiger partial charge in [-0.15, -0.1) is 0 Å². The summed E-state index contributed by atoms with van der Waals surface area (Å²) in [6, 6.07) is 13.3. The topological polar surface area (TPSA) is 75.7 Å². The molecule has 6 nitrogen and oxygen atoms in total. The number of benzene rings is 2. The predicted octanol–water partition coefficient (Wildman–Crippen LogP) is 3.40. The van der Waals surface area contributed by atoms with Crippen molar-refractivity contribution in [2.45, 2.75) is 31.1 Å². The largest absolute Gasteiger partial charge is 0.491 e. The smallest absolute Gasteiger partial charge is 0.262 e. The zero-order chi connectivity index (χ0) is 18.6. The third kappa shape index (κ3) is 3.99. The first-order chi connectivity index (χ1) is 12.5. The molecular formula is C19H22N2O4S. The van der Waals surface area contributed by atoms with E-state index in [4.69, 9.17) is 4.74 Å². The number of hydrogen-bond acceptors (Lipinski definition) is 4. The fourth-order valence-electron chi connectivity index (χ4n) is 2.82. The minimum Gasteiger partial charge on any atom is -0.491 e. The second kappa shape index (κ2) is 7.78. The molecule has 0 aromatic heterocycles. The van der Waals surface area contributed by atoms with Crippen molar-refractivity contribution in [2.75, 3.05) is 22.8 Å². The summed E-state index contributed by atoms with van der Waals surface area (Å²) in [5, 5.41) is 0. The van der Waals surface area contributed by atoms with Crippen LogP contribution < -0.4 is 14.4 Å². The second-order valence-corrected chi connectivity index (χ2v) is 7.78. The Balaban J connectivity index is 1.79.